The van der Waals surface area contributed by atoms with Gasteiger partial charge in [-0.05, 0) is 32.4 Å². The molecule has 1 aromatic carbocycles. The Balaban J connectivity index is 1.99. The van der Waals surface area contributed by atoms with Crippen LogP contribution in [0.3, 0.4) is 0 Å². The van der Waals surface area contributed by atoms with Gasteiger partial charge in [-0.3, -0.25) is 9.88 Å². The highest BCUT2D eigenvalue weighted by Crippen LogP contribution is 2.41. The Morgan fingerprint density at radius 1 is 1.23 bits per heavy atom. The summed E-state index contributed by atoms with van der Waals surface area (Å²) in [7, 11) is 0. The molecule has 1 aromatic heterocycles. The molecule has 1 aliphatic heterocycles. The summed E-state index contributed by atoms with van der Waals surface area (Å²) < 4.78 is 5.60. The lowest BCUT2D eigenvalue weighted by Crippen LogP contribution is -2.38. The minimum absolute atomic E-state index is 0.175. The van der Waals surface area contributed by atoms with Crippen molar-refractivity contribution in [3.05, 3.63) is 66.0 Å². The topological polar surface area (TPSA) is 42.4 Å². The molecule has 0 saturated carbocycles. The molecule has 0 N–H and O–H groups in total. The number of ether oxygens (including phenoxy) is 1. The molecule has 0 fully saturated rings. The minimum atomic E-state index is -0.534. The zero-order valence-corrected chi connectivity index (χ0v) is 16.2. The van der Waals surface area contributed by atoms with Crippen molar-refractivity contribution in [3.63, 3.8) is 0 Å². The number of hydrogen-bond acceptors (Lipinski definition) is 3. The molecular formula is C22H26N2O2. The molecule has 0 atom stereocenters. The third kappa shape index (κ3) is 3.50. The van der Waals surface area contributed by atoms with Crippen LogP contribution in [0.5, 0.6) is 0 Å². The number of anilines is 1. The molecule has 2 aromatic rings. The first-order chi connectivity index (χ1) is 12.1. The van der Waals surface area contributed by atoms with Crippen LogP contribution < -0.4 is 4.90 Å². The van der Waals surface area contributed by atoms with Gasteiger partial charge < -0.3 is 4.74 Å². The number of benzene rings is 1. The Hall–Kier alpha value is -2.62. The number of carbonyl (C=O) groups excluding carboxylic acids is 1. The number of carbonyl (C=O) groups is 1. The summed E-state index contributed by atoms with van der Waals surface area (Å²) in [6.07, 6.45) is 1.54. The summed E-state index contributed by atoms with van der Waals surface area (Å²) in [5.74, 6) is 0. The Labute approximate surface area is 155 Å². The standard InChI is InChI=1S/C22H26N2O2/c1-15(16-10-8-7-9-11-16)18-12-19-17(13-23-18)22(5,6)14-24(19)20(25)26-21(2,3)4/h7-13H,1,14H2,2-6H3. The van der Waals surface area contributed by atoms with Crippen molar-refractivity contribution in [1.82, 2.24) is 4.98 Å². The zero-order chi connectivity index (χ0) is 19.1. The second kappa shape index (κ2) is 6.27. The van der Waals surface area contributed by atoms with Crippen LogP contribution in [0, 0.1) is 0 Å². The Morgan fingerprint density at radius 2 is 1.88 bits per heavy atom. The number of aromatic nitrogens is 1. The molecule has 0 saturated heterocycles. The van der Waals surface area contributed by atoms with Crippen molar-refractivity contribution >= 4 is 17.4 Å². The van der Waals surface area contributed by atoms with Gasteiger partial charge in [-0.1, -0.05) is 50.8 Å². The molecule has 2 heterocycles. The fourth-order valence-corrected chi connectivity index (χ4v) is 3.19. The summed E-state index contributed by atoms with van der Waals surface area (Å²) in [4.78, 5) is 19.0. The van der Waals surface area contributed by atoms with Crippen molar-refractivity contribution in [3.8, 4) is 0 Å². The molecule has 1 amide bonds. The predicted molar refractivity (Wildman–Crippen MR) is 105 cm³/mol. The fourth-order valence-electron chi connectivity index (χ4n) is 3.19. The van der Waals surface area contributed by atoms with Gasteiger partial charge in [0.1, 0.15) is 5.60 Å². The van der Waals surface area contributed by atoms with Crippen LogP contribution in [-0.2, 0) is 10.2 Å². The van der Waals surface area contributed by atoms with Gasteiger partial charge >= 0.3 is 6.09 Å². The minimum Gasteiger partial charge on any atom is -0.443 e. The molecule has 0 spiro atoms. The zero-order valence-electron chi connectivity index (χ0n) is 16.2. The van der Waals surface area contributed by atoms with Gasteiger partial charge in [-0.25, -0.2) is 4.79 Å². The van der Waals surface area contributed by atoms with Crippen LogP contribution in [0.2, 0.25) is 0 Å². The van der Waals surface area contributed by atoms with E-state index in [4.69, 9.17) is 4.74 Å². The second-order valence-electron chi connectivity index (χ2n) is 8.38. The van der Waals surface area contributed by atoms with E-state index in [0.717, 1.165) is 28.1 Å². The summed E-state index contributed by atoms with van der Waals surface area (Å²) in [6.45, 7) is 14.6. The molecule has 4 heteroatoms. The quantitative estimate of drug-likeness (QED) is 0.750. The predicted octanol–water partition coefficient (Wildman–Crippen LogP) is 5.18. The smallest absolute Gasteiger partial charge is 0.414 e. The monoisotopic (exact) mass is 350 g/mol. The first-order valence-electron chi connectivity index (χ1n) is 8.84. The lowest BCUT2D eigenvalue weighted by molar-refractivity contribution is 0.0579. The van der Waals surface area contributed by atoms with Crippen molar-refractivity contribution in [2.24, 2.45) is 0 Å². The molecule has 1 aliphatic rings. The van der Waals surface area contributed by atoms with Crippen molar-refractivity contribution < 1.29 is 9.53 Å². The number of pyridine rings is 1. The third-order valence-corrected chi connectivity index (χ3v) is 4.50. The van der Waals surface area contributed by atoms with Crippen LogP contribution in [0.4, 0.5) is 10.5 Å². The van der Waals surface area contributed by atoms with Gasteiger partial charge in [0, 0.05) is 29.3 Å². The number of hydrogen-bond donors (Lipinski definition) is 0. The average Bonchev–Trinajstić information content (AvgIpc) is 2.84. The number of amides is 1. The van der Waals surface area contributed by atoms with Crippen LogP contribution in [0.15, 0.2) is 49.2 Å². The SMILES string of the molecule is C=C(c1ccccc1)c1cc2c(cn1)C(C)(C)CN2C(=O)OC(C)(C)C. The van der Waals surface area contributed by atoms with Crippen molar-refractivity contribution in [2.75, 3.05) is 11.4 Å². The Morgan fingerprint density at radius 3 is 2.50 bits per heavy atom. The number of nitrogens with zero attached hydrogens (tertiary/aromatic N) is 2. The highest BCUT2D eigenvalue weighted by atomic mass is 16.6. The lowest BCUT2D eigenvalue weighted by atomic mass is 9.88. The molecule has 0 bridgehead atoms. The lowest BCUT2D eigenvalue weighted by Gasteiger charge is -2.26. The van der Waals surface area contributed by atoms with Gasteiger partial charge in [0.05, 0.1) is 11.4 Å². The van der Waals surface area contributed by atoms with Crippen LogP contribution in [0.1, 0.15) is 51.4 Å². The maximum absolute atomic E-state index is 12.7. The first kappa shape index (κ1) is 18.2. The molecule has 136 valence electrons. The molecule has 0 radical (unpaired) electrons. The van der Waals surface area contributed by atoms with Crippen LogP contribution in [-0.4, -0.2) is 23.2 Å². The number of rotatable bonds is 2. The molecule has 0 unspecified atom stereocenters. The summed E-state index contributed by atoms with van der Waals surface area (Å²) >= 11 is 0. The van der Waals surface area contributed by atoms with E-state index in [2.05, 4.69) is 25.4 Å². The molecule has 26 heavy (non-hydrogen) atoms. The normalized spacial score (nSPS) is 15.5. The average molecular weight is 350 g/mol. The number of fused-ring (bicyclic) bond motifs is 1. The summed E-state index contributed by atoms with van der Waals surface area (Å²) in [5.41, 5.74) is 3.81. The highest BCUT2D eigenvalue weighted by Gasteiger charge is 2.40. The summed E-state index contributed by atoms with van der Waals surface area (Å²) in [6, 6.07) is 11.9. The van der Waals surface area contributed by atoms with Gasteiger partial charge in [-0.2, -0.15) is 0 Å². The van der Waals surface area contributed by atoms with E-state index in [1.54, 1.807) is 4.90 Å². The van der Waals surface area contributed by atoms with Crippen molar-refractivity contribution in [1.29, 1.82) is 0 Å². The third-order valence-electron chi connectivity index (χ3n) is 4.50. The van der Waals surface area contributed by atoms with E-state index in [9.17, 15) is 4.79 Å². The Kier molecular flexibility index (Phi) is 4.39. The van der Waals surface area contributed by atoms with E-state index in [-0.39, 0.29) is 11.5 Å². The molecular weight excluding hydrogens is 324 g/mol. The Bertz CT molecular complexity index is 848. The largest absolute Gasteiger partial charge is 0.443 e. The van der Waals surface area contributed by atoms with E-state index >= 15 is 0 Å². The molecule has 0 aliphatic carbocycles. The maximum Gasteiger partial charge on any atom is 0.414 e. The molecule has 4 nitrogen and oxygen atoms in total. The van der Waals surface area contributed by atoms with E-state index < -0.39 is 5.60 Å². The van der Waals surface area contributed by atoms with Gasteiger partial charge in [-0.15, -0.1) is 0 Å². The van der Waals surface area contributed by atoms with Gasteiger partial charge in [0.15, 0.2) is 0 Å². The maximum atomic E-state index is 12.7. The van der Waals surface area contributed by atoms with Crippen molar-refractivity contribution in [2.45, 2.75) is 45.6 Å². The fraction of sp³-hybridized carbons (Fsp3) is 0.364. The van der Waals surface area contributed by atoms with E-state index in [1.165, 1.54) is 0 Å². The molecule has 3 rings (SSSR count). The van der Waals surface area contributed by atoms with Gasteiger partial charge in [0.2, 0.25) is 0 Å². The summed E-state index contributed by atoms with van der Waals surface area (Å²) in [5, 5.41) is 0. The first-order valence-corrected chi connectivity index (χ1v) is 8.84. The van der Waals surface area contributed by atoms with E-state index in [1.807, 2.05) is 63.4 Å². The van der Waals surface area contributed by atoms with Gasteiger partial charge in [0.25, 0.3) is 0 Å². The van der Waals surface area contributed by atoms with E-state index in [0.29, 0.717) is 6.54 Å². The second-order valence-corrected chi connectivity index (χ2v) is 8.38. The van der Waals surface area contributed by atoms with Crippen LogP contribution in [0.25, 0.3) is 5.57 Å². The highest BCUT2D eigenvalue weighted by molar-refractivity contribution is 5.92. The van der Waals surface area contributed by atoms with Crippen LogP contribution >= 0.6 is 0 Å².